The maximum atomic E-state index is 11.9. The van der Waals surface area contributed by atoms with Crippen LogP contribution in [0.15, 0.2) is 28.6 Å². The van der Waals surface area contributed by atoms with Gasteiger partial charge in [0.15, 0.2) is 0 Å². The highest BCUT2D eigenvalue weighted by molar-refractivity contribution is 7.10. The number of nitrogens with zero attached hydrogens (tertiary/aromatic N) is 2. The molecule has 0 spiro atoms. The largest absolute Gasteiger partial charge is 0.395 e. The predicted molar refractivity (Wildman–Crippen MR) is 76.4 cm³/mol. The lowest BCUT2D eigenvalue weighted by atomic mass is 10.3. The second kappa shape index (κ2) is 6.41. The molecule has 0 unspecified atom stereocenters. The zero-order valence-electron chi connectivity index (χ0n) is 10.8. The van der Waals surface area contributed by atoms with E-state index >= 15 is 0 Å². The van der Waals surface area contributed by atoms with Gasteiger partial charge < -0.3 is 5.11 Å². The van der Waals surface area contributed by atoms with Gasteiger partial charge >= 0.3 is 5.69 Å². The quantitative estimate of drug-likeness (QED) is 0.861. The summed E-state index contributed by atoms with van der Waals surface area (Å²) in [6, 6.07) is 1.99. The third-order valence-corrected chi connectivity index (χ3v) is 3.63. The van der Waals surface area contributed by atoms with Gasteiger partial charge in [-0.25, -0.2) is 4.79 Å². The van der Waals surface area contributed by atoms with Crippen molar-refractivity contribution in [2.75, 3.05) is 6.61 Å². The highest BCUT2D eigenvalue weighted by Gasteiger charge is 2.04. The third-order valence-electron chi connectivity index (χ3n) is 2.71. The minimum atomic E-state index is 0.0174. The number of imidazole rings is 1. The molecule has 1 N–H and O–H groups in total. The standard InChI is InChI=1S/C14H16N2O2S/c1-2-15-6-7-16(14(15)18)10-13-9-12(11-19-13)5-3-4-8-17/h6-7,9,11,17H,2,4,8,10H2,1H3. The Labute approximate surface area is 115 Å². The fraction of sp³-hybridized carbons (Fsp3) is 0.357. The molecular weight excluding hydrogens is 260 g/mol. The Morgan fingerprint density at radius 1 is 1.37 bits per heavy atom. The molecule has 2 aromatic rings. The van der Waals surface area contributed by atoms with Crippen LogP contribution in [0.5, 0.6) is 0 Å². The first-order valence-corrected chi connectivity index (χ1v) is 7.05. The first kappa shape index (κ1) is 13.7. The molecule has 0 saturated carbocycles. The first-order valence-electron chi connectivity index (χ1n) is 6.17. The van der Waals surface area contributed by atoms with Gasteiger partial charge in [-0.1, -0.05) is 11.8 Å². The van der Waals surface area contributed by atoms with E-state index in [1.807, 2.05) is 24.6 Å². The van der Waals surface area contributed by atoms with E-state index < -0.39 is 0 Å². The SMILES string of the molecule is CCn1ccn(Cc2cc(C#CCCO)cs2)c1=O. The lowest BCUT2D eigenvalue weighted by molar-refractivity contribution is 0.305. The van der Waals surface area contributed by atoms with Crippen molar-refractivity contribution in [3.63, 3.8) is 0 Å². The van der Waals surface area contributed by atoms with Crippen molar-refractivity contribution in [2.45, 2.75) is 26.4 Å². The molecule has 0 amide bonds. The van der Waals surface area contributed by atoms with Crippen molar-refractivity contribution in [3.05, 3.63) is 44.8 Å². The molecule has 0 radical (unpaired) electrons. The lowest BCUT2D eigenvalue weighted by Crippen LogP contribution is -2.23. The average Bonchev–Trinajstić information content (AvgIpc) is 2.99. The fourth-order valence-electron chi connectivity index (χ4n) is 1.73. The molecule has 0 aliphatic rings. The summed E-state index contributed by atoms with van der Waals surface area (Å²) in [6.45, 7) is 3.31. The highest BCUT2D eigenvalue weighted by atomic mass is 32.1. The molecule has 0 aliphatic carbocycles. The summed E-state index contributed by atoms with van der Waals surface area (Å²) in [7, 11) is 0. The van der Waals surface area contributed by atoms with Gasteiger partial charge in [-0.15, -0.1) is 11.3 Å². The summed E-state index contributed by atoms with van der Waals surface area (Å²) in [5.41, 5.74) is 0.959. The van der Waals surface area contributed by atoms with Crippen LogP contribution in [-0.4, -0.2) is 20.8 Å². The zero-order valence-corrected chi connectivity index (χ0v) is 11.6. The van der Waals surface area contributed by atoms with Crippen LogP contribution in [-0.2, 0) is 13.1 Å². The van der Waals surface area contributed by atoms with E-state index in [-0.39, 0.29) is 12.3 Å². The molecule has 4 nitrogen and oxygen atoms in total. The number of thiophene rings is 1. The summed E-state index contributed by atoms with van der Waals surface area (Å²) in [6.07, 6.45) is 4.10. The van der Waals surface area contributed by atoms with Gasteiger partial charge in [-0.2, -0.15) is 0 Å². The van der Waals surface area contributed by atoms with Gasteiger partial charge in [-0.3, -0.25) is 9.13 Å². The maximum Gasteiger partial charge on any atom is 0.328 e. The van der Waals surface area contributed by atoms with Gasteiger partial charge in [-0.05, 0) is 13.0 Å². The second-order valence-electron chi connectivity index (χ2n) is 4.07. The minimum absolute atomic E-state index is 0.0174. The number of aliphatic hydroxyl groups excluding tert-OH is 1. The number of hydrogen-bond acceptors (Lipinski definition) is 3. The monoisotopic (exact) mass is 276 g/mol. The Morgan fingerprint density at radius 3 is 2.84 bits per heavy atom. The highest BCUT2D eigenvalue weighted by Crippen LogP contribution is 2.14. The number of hydrogen-bond donors (Lipinski definition) is 1. The van der Waals surface area contributed by atoms with Crippen LogP contribution in [0.1, 0.15) is 23.8 Å². The number of aryl methyl sites for hydroxylation is 1. The molecule has 2 rings (SSSR count). The summed E-state index contributed by atoms with van der Waals surface area (Å²) in [5.74, 6) is 5.88. The first-order chi connectivity index (χ1) is 9.24. The van der Waals surface area contributed by atoms with Crippen LogP contribution in [0.4, 0.5) is 0 Å². The smallest absolute Gasteiger partial charge is 0.328 e. The van der Waals surface area contributed by atoms with E-state index in [2.05, 4.69) is 11.8 Å². The zero-order chi connectivity index (χ0) is 13.7. The molecule has 2 aromatic heterocycles. The number of aromatic nitrogens is 2. The molecule has 0 fully saturated rings. The van der Waals surface area contributed by atoms with E-state index in [0.29, 0.717) is 19.5 Å². The van der Waals surface area contributed by atoms with Gasteiger partial charge in [0, 0.05) is 41.2 Å². The lowest BCUT2D eigenvalue weighted by Gasteiger charge is -1.97. The van der Waals surface area contributed by atoms with Crippen molar-refractivity contribution >= 4 is 11.3 Å². The average molecular weight is 276 g/mol. The van der Waals surface area contributed by atoms with Crippen molar-refractivity contribution in [3.8, 4) is 11.8 Å². The molecule has 0 aliphatic heterocycles. The van der Waals surface area contributed by atoms with Crippen molar-refractivity contribution in [1.29, 1.82) is 0 Å². The van der Waals surface area contributed by atoms with Gasteiger partial charge in [0.05, 0.1) is 13.2 Å². The van der Waals surface area contributed by atoms with Gasteiger partial charge in [0.25, 0.3) is 0 Å². The molecule has 0 saturated heterocycles. The molecule has 0 atom stereocenters. The third kappa shape index (κ3) is 3.37. The maximum absolute atomic E-state index is 11.9. The summed E-state index contributed by atoms with van der Waals surface area (Å²) >= 11 is 1.59. The number of rotatable bonds is 4. The van der Waals surface area contributed by atoms with E-state index in [1.165, 1.54) is 0 Å². The van der Waals surface area contributed by atoms with Crippen LogP contribution in [0, 0.1) is 11.8 Å². The Kier molecular flexibility index (Phi) is 4.61. The molecule has 0 aromatic carbocycles. The molecule has 0 bridgehead atoms. The summed E-state index contributed by atoms with van der Waals surface area (Å²) in [5, 5.41) is 10.6. The molecular formula is C14H16N2O2S. The normalized spacial score (nSPS) is 10.2. The predicted octanol–water partition coefficient (Wildman–Crippen LogP) is 1.51. The Hall–Kier alpha value is -1.77. The fourth-order valence-corrected chi connectivity index (χ4v) is 2.55. The van der Waals surface area contributed by atoms with Crippen LogP contribution >= 0.6 is 11.3 Å². The van der Waals surface area contributed by atoms with Crippen molar-refractivity contribution in [1.82, 2.24) is 9.13 Å². The number of aliphatic hydroxyl groups is 1. The topological polar surface area (TPSA) is 47.2 Å². The Balaban J connectivity index is 2.10. The van der Waals surface area contributed by atoms with Gasteiger partial charge in [0.1, 0.15) is 0 Å². The Morgan fingerprint density at radius 2 is 2.16 bits per heavy atom. The molecule has 2 heterocycles. The van der Waals surface area contributed by atoms with E-state index in [4.69, 9.17) is 5.11 Å². The van der Waals surface area contributed by atoms with E-state index in [0.717, 1.165) is 10.4 Å². The molecule has 5 heteroatoms. The van der Waals surface area contributed by atoms with Crippen molar-refractivity contribution in [2.24, 2.45) is 0 Å². The van der Waals surface area contributed by atoms with E-state index in [9.17, 15) is 4.79 Å². The van der Waals surface area contributed by atoms with Crippen LogP contribution in [0.3, 0.4) is 0 Å². The molecule has 100 valence electrons. The van der Waals surface area contributed by atoms with E-state index in [1.54, 1.807) is 26.7 Å². The van der Waals surface area contributed by atoms with Crippen molar-refractivity contribution < 1.29 is 5.11 Å². The summed E-state index contributed by atoms with van der Waals surface area (Å²) < 4.78 is 3.37. The summed E-state index contributed by atoms with van der Waals surface area (Å²) in [4.78, 5) is 13.0. The van der Waals surface area contributed by atoms with Crippen LogP contribution < -0.4 is 5.69 Å². The minimum Gasteiger partial charge on any atom is -0.395 e. The molecule has 19 heavy (non-hydrogen) atoms. The van der Waals surface area contributed by atoms with Crippen LogP contribution in [0.25, 0.3) is 0 Å². The van der Waals surface area contributed by atoms with Gasteiger partial charge in [0.2, 0.25) is 0 Å². The second-order valence-corrected chi connectivity index (χ2v) is 5.07. The van der Waals surface area contributed by atoms with Crippen LogP contribution in [0.2, 0.25) is 0 Å². The Bertz CT molecular complexity index is 655.